The van der Waals surface area contributed by atoms with E-state index in [9.17, 15) is 5.72 Å². The van der Waals surface area contributed by atoms with E-state index in [1.54, 1.807) is 0 Å². The number of halogens is 3. The molecule has 0 radical (unpaired) electrons. The van der Waals surface area contributed by atoms with Gasteiger partial charge in [-0.05, 0) is 0 Å². The van der Waals surface area contributed by atoms with E-state index in [1.165, 1.54) is 0 Å². The normalized spacial score (nSPS) is 10.2. The van der Waals surface area contributed by atoms with Gasteiger partial charge in [-0.3, -0.25) is 0 Å². The summed E-state index contributed by atoms with van der Waals surface area (Å²) in [5, 5.41) is 0. The van der Waals surface area contributed by atoms with E-state index in [1.807, 2.05) is 0 Å². The maximum absolute atomic E-state index is 9.74. The molecule has 0 N–H and O–H groups in total. The van der Waals surface area contributed by atoms with Gasteiger partial charge < -0.3 is 4.48 Å². The third-order valence-corrected chi connectivity index (χ3v) is 0. The second-order valence-corrected chi connectivity index (χ2v) is 3.05. The van der Waals surface area contributed by atoms with Gasteiger partial charge in [-0.1, -0.05) is 0 Å². The van der Waals surface area contributed by atoms with Crippen LogP contribution in [-0.4, -0.2) is 32.7 Å². The predicted molar refractivity (Wildman–Crippen MR) is 26.2 cm³/mol. The van der Waals surface area contributed by atoms with Crippen LogP contribution in [0.3, 0.4) is 0 Å². The van der Waals surface area contributed by atoms with E-state index < -0.39 is 22.4 Å². The van der Waals surface area contributed by atoms with Gasteiger partial charge in [-0.25, -0.2) is 0 Å². The van der Waals surface area contributed by atoms with Crippen LogP contribution in [0.15, 0.2) is 0 Å². The van der Waals surface area contributed by atoms with E-state index in [0.29, 0.717) is 0 Å². The first-order chi connectivity index (χ1) is 3.41. The van der Waals surface area contributed by atoms with Gasteiger partial charge >= 0.3 is 28.1 Å². The Balaban J connectivity index is 0. The Bertz CT molecular complexity index is 37.8. The van der Waals surface area contributed by atoms with Crippen molar-refractivity contribution in [3.63, 3.8) is 0 Å². The van der Waals surface area contributed by atoms with Crippen molar-refractivity contribution in [1.82, 2.24) is 0 Å². The molecule has 0 atom stereocenters. The van der Waals surface area contributed by atoms with Crippen molar-refractivity contribution in [2.45, 2.75) is 0 Å². The quantitative estimate of drug-likeness (QED) is 0.344. The van der Waals surface area contributed by atoms with E-state index in [2.05, 4.69) is 28.2 Å². The number of hydrogen-bond acceptors (Lipinski definition) is 0. The molecule has 0 saturated carbocycles. The fraction of sp³-hybridized carbons (Fsp3) is 1.00. The number of hydrogen-bond donors (Lipinski definition) is 0. The Labute approximate surface area is 61.1 Å². The van der Waals surface area contributed by atoms with Crippen molar-refractivity contribution in [1.29, 1.82) is 0 Å². The summed E-state index contributed by atoms with van der Waals surface area (Å²) in [5.74, 6) is 0. The first-order valence-electron chi connectivity index (χ1n) is 2.07. The average Bonchev–Trinajstić information content (AvgIpc) is 1.27. The SMILES string of the molecule is C[N+](C)(C)C.F[I-]F. The molecule has 0 bridgehead atoms. The van der Waals surface area contributed by atoms with Crippen LogP contribution < -0.4 is 22.4 Å². The molecule has 0 saturated heterocycles. The summed E-state index contributed by atoms with van der Waals surface area (Å²) < 4.78 is 20.5. The van der Waals surface area contributed by atoms with Crippen molar-refractivity contribution in [2.75, 3.05) is 28.2 Å². The molecule has 0 aliphatic carbocycles. The van der Waals surface area contributed by atoms with Gasteiger partial charge in [0.25, 0.3) is 0 Å². The molecule has 54 valence electrons. The Morgan fingerprint density at radius 2 is 1.00 bits per heavy atom. The summed E-state index contributed by atoms with van der Waals surface area (Å²) in [6.45, 7) is 0. The average molecular weight is 239 g/mol. The zero-order valence-corrected chi connectivity index (χ0v) is 7.74. The van der Waals surface area contributed by atoms with E-state index >= 15 is 0 Å². The van der Waals surface area contributed by atoms with Gasteiger partial charge in [0.05, 0.1) is 28.2 Å². The first-order valence-corrected chi connectivity index (χ1v) is 3.71. The van der Waals surface area contributed by atoms with Gasteiger partial charge in [0.15, 0.2) is 0 Å². The fourth-order valence-electron chi connectivity index (χ4n) is 0. The molecule has 0 aliphatic rings. The third kappa shape index (κ3) is 667. The van der Waals surface area contributed by atoms with Gasteiger partial charge in [-0.2, -0.15) is 0 Å². The fourth-order valence-corrected chi connectivity index (χ4v) is 0. The third-order valence-electron chi connectivity index (χ3n) is 0. The van der Waals surface area contributed by atoms with E-state index in [-0.39, 0.29) is 0 Å². The summed E-state index contributed by atoms with van der Waals surface area (Å²) in [6, 6.07) is 0. The van der Waals surface area contributed by atoms with Crippen LogP contribution in [-0.2, 0) is 0 Å². The second kappa shape index (κ2) is 5.68. The van der Waals surface area contributed by atoms with Crippen molar-refractivity contribution < 1.29 is 32.6 Å². The molecule has 0 aromatic rings. The second-order valence-electron chi connectivity index (χ2n) is 2.74. The molecule has 0 unspecified atom stereocenters. The number of rotatable bonds is 0. The number of quaternary nitrogens is 1. The standard InChI is InChI=1S/C4H12N.F2I/c1-5(2,3)4;1-3-2/h1-4H3;/q+1;-1. The van der Waals surface area contributed by atoms with Crippen molar-refractivity contribution in [3.05, 3.63) is 0 Å². The van der Waals surface area contributed by atoms with Gasteiger partial charge in [-0.15, -0.1) is 0 Å². The summed E-state index contributed by atoms with van der Waals surface area (Å²) >= 11 is -2.41. The minimum absolute atomic E-state index is 1.00. The van der Waals surface area contributed by atoms with Crippen LogP contribution in [0, 0.1) is 0 Å². The molecule has 0 heterocycles. The van der Waals surface area contributed by atoms with Crippen LogP contribution >= 0.6 is 0 Å². The van der Waals surface area contributed by atoms with Crippen molar-refractivity contribution >= 4 is 0 Å². The maximum atomic E-state index is 9.74. The molecule has 0 rings (SSSR count). The minimum atomic E-state index is -2.41. The molecule has 0 aromatic carbocycles. The monoisotopic (exact) mass is 239 g/mol. The molecule has 0 fully saturated rings. The zero-order chi connectivity index (χ0) is 7.21. The number of nitrogens with zero attached hydrogens (tertiary/aromatic N) is 1. The van der Waals surface area contributed by atoms with Crippen LogP contribution in [0.5, 0.6) is 0 Å². The molecule has 0 aliphatic heterocycles. The molecule has 0 aromatic heterocycles. The van der Waals surface area contributed by atoms with Gasteiger partial charge in [0.1, 0.15) is 0 Å². The molecule has 0 spiro atoms. The Kier molecular flexibility index (Phi) is 8.07. The Morgan fingerprint density at radius 3 is 1.00 bits per heavy atom. The van der Waals surface area contributed by atoms with Crippen LogP contribution in [0.25, 0.3) is 0 Å². The Hall–Kier alpha value is 0.550. The van der Waals surface area contributed by atoms with Gasteiger partial charge in [0.2, 0.25) is 0 Å². The zero-order valence-electron chi connectivity index (χ0n) is 5.58. The van der Waals surface area contributed by atoms with Crippen LogP contribution in [0.4, 0.5) is 5.72 Å². The Morgan fingerprint density at radius 1 is 1.00 bits per heavy atom. The van der Waals surface area contributed by atoms with Crippen LogP contribution in [0.2, 0.25) is 0 Å². The molecular weight excluding hydrogens is 227 g/mol. The topological polar surface area (TPSA) is 0 Å². The molecular formula is C4H12F2IN. The van der Waals surface area contributed by atoms with Crippen molar-refractivity contribution in [2.24, 2.45) is 0 Å². The molecule has 0 amide bonds. The summed E-state index contributed by atoms with van der Waals surface area (Å²) in [5.41, 5.74) is 0. The van der Waals surface area contributed by atoms with Gasteiger partial charge in [0, 0.05) is 0 Å². The summed E-state index contributed by atoms with van der Waals surface area (Å²) in [6.07, 6.45) is 0. The van der Waals surface area contributed by atoms with E-state index in [0.717, 1.165) is 4.48 Å². The predicted octanol–water partition coefficient (Wildman–Crippen LogP) is -1.83. The molecule has 1 nitrogen and oxygen atoms in total. The summed E-state index contributed by atoms with van der Waals surface area (Å²) in [4.78, 5) is 0. The van der Waals surface area contributed by atoms with E-state index in [4.69, 9.17) is 0 Å². The van der Waals surface area contributed by atoms with Crippen molar-refractivity contribution in [3.8, 4) is 0 Å². The summed E-state index contributed by atoms with van der Waals surface area (Å²) in [7, 11) is 8.50. The molecule has 4 heteroatoms. The van der Waals surface area contributed by atoms with Crippen LogP contribution in [0.1, 0.15) is 0 Å². The molecule has 8 heavy (non-hydrogen) atoms. The first kappa shape index (κ1) is 11.4.